The monoisotopic (exact) mass is 314 g/mol. The molecule has 1 aliphatic heterocycles. The number of hydrogen-bond donors (Lipinski definition) is 1. The SMILES string of the molecule is CCCCOC(=O)CC1C(=O)NCCN1C(=O)CC(=O)OC. The van der Waals surface area contributed by atoms with Crippen molar-refractivity contribution < 1.29 is 28.7 Å². The van der Waals surface area contributed by atoms with Gasteiger partial charge < -0.3 is 19.7 Å². The summed E-state index contributed by atoms with van der Waals surface area (Å²) < 4.78 is 9.46. The third-order valence-corrected chi connectivity index (χ3v) is 3.30. The summed E-state index contributed by atoms with van der Waals surface area (Å²) in [6, 6.07) is -0.944. The number of ether oxygens (including phenoxy) is 2. The van der Waals surface area contributed by atoms with E-state index in [1.807, 2.05) is 6.92 Å². The van der Waals surface area contributed by atoms with Crippen LogP contribution in [0.5, 0.6) is 0 Å². The van der Waals surface area contributed by atoms with E-state index in [-0.39, 0.29) is 19.5 Å². The lowest BCUT2D eigenvalue weighted by atomic mass is 10.1. The molecule has 0 aromatic carbocycles. The quantitative estimate of drug-likeness (QED) is 0.390. The van der Waals surface area contributed by atoms with Crippen molar-refractivity contribution in [2.24, 2.45) is 0 Å². The second-order valence-electron chi connectivity index (χ2n) is 4.93. The van der Waals surface area contributed by atoms with Gasteiger partial charge in [0, 0.05) is 13.1 Å². The van der Waals surface area contributed by atoms with Crippen LogP contribution in [0.3, 0.4) is 0 Å². The van der Waals surface area contributed by atoms with Crippen LogP contribution >= 0.6 is 0 Å². The summed E-state index contributed by atoms with van der Waals surface area (Å²) in [5, 5.41) is 2.60. The number of esters is 2. The molecule has 2 amide bonds. The summed E-state index contributed by atoms with van der Waals surface area (Å²) in [5.74, 6) is -2.17. The van der Waals surface area contributed by atoms with E-state index in [0.717, 1.165) is 12.8 Å². The molecule has 1 atom stereocenters. The number of piperazine rings is 1. The van der Waals surface area contributed by atoms with E-state index in [1.54, 1.807) is 0 Å². The zero-order valence-electron chi connectivity index (χ0n) is 12.9. The van der Waals surface area contributed by atoms with Gasteiger partial charge in [-0.1, -0.05) is 13.3 Å². The normalized spacial score (nSPS) is 17.6. The molecule has 124 valence electrons. The number of rotatable bonds is 7. The highest BCUT2D eigenvalue weighted by Crippen LogP contribution is 2.12. The number of unbranched alkanes of at least 4 members (excludes halogenated alkanes) is 1. The van der Waals surface area contributed by atoms with E-state index in [9.17, 15) is 19.2 Å². The number of nitrogens with one attached hydrogen (secondary N) is 1. The number of nitrogens with zero attached hydrogens (tertiary/aromatic N) is 1. The highest BCUT2D eigenvalue weighted by Gasteiger charge is 2.35. The van der Waals surface area contributed by atoms with E-state index in [0.29, 0.717) is 6.61 Å². The standard InChI is InChI=1S/C14H22N2O6/c1-3-4-7-22-13(19)8-10-14(20)15-5-6-16(10)11(17)9-12(18)21-2/h10H,3-9H2,1-2H3,(H,15,20). The third kappa shape index (κ3) is 5.34. The van der Waals surface area contributed by atoms with Crippen LogP contribution in [0.2, 0.25) is 0 Å². The Labute approximate surface area is 129 Å². The predicted octanol–water partition coefficient (Wildman–Crippen LogP) is -0.390. The van der Waals surface area contributed by atoms with E-state index >= 15 is 0 Å². The van der Waals surface area contributed by atoms with E-state index in [2.05, 4.69) is 10.1 Å². The molecule has 0 bridgehead atoms. The molecule has 1 rings (SSSR count). The molecule has 0 aromatic heterocycles. The number of hydrogen-bond acceptors (Lipinski definition) is 6. The maximum absolute atomic E-state index is 12.1. The zero-order valence-corrected chi connectivity index (χ0v) is 12.9. The van der Waals surface area contributed by atoms with Gasteiger partial charge in [-0.2, -0.15) is 0 Å². The lowest BCUT2D eigenvalue weighted by Crippen LogP contribution is -2.58. The van der Waals surface area contributed by atoms with Crippen molar-refractivity contribution in [3.8, 4) is 0 Å². The first-order valence-corrected chi connectivity index (χ1v) is 7.29. The summed E-state index contributed by atoms with van der Waals surface area (Å²) in [5.41, 5.74) is 0. The van der Waals surface area contributed by atoms with Gasteiger partial charge in [0.15, 0.2) is 0 Å². The van der Waals surface area contributed by atoms with E-state index in [4.69, 9.17) is 4.74 Å². The molecule has 1 fully saturated rings. The number of amides is 2. The van der Waals surface area contributed by atoms with Crippen molar-refractivity contribution in [3.05, 3.63) is 0 Å². The second-order valence-corrected chi connectivity index (χ2v) is 4.93. The molecule has 1 unspecified atom stereocenters. The fraction of sp³-hybridized carbons (Fsp3) is 0.714. The largest absolute Gasteiger partial charge is 0.469 e. The Morgan fingerprint density at radius 3 is 2.68 bits per heavy atom. The van der Waals surface area contributed by atoms with Crippen molar-refractivity contribution in [2.75, 3.05) is 26.8 Å². The lowest BCUT2D eigenvalue weighted by molar-refractivity contribution is -0.154. The molecule has 0 aliphatic carbocycles. The molecular formula is C14H22N2O6. The zero-order chi connectivity index (χ0) is 16.5. The molecule has 1 N–H and O–H groups in total. The van der Waals surface area contributed by atoms with Crippen LogP contribution < -0.4 is 5.32 Å². The van der Waals surface area contributed by atoms with Crippen molar-refractivity contribution >= 4 is 23.8 Å². The van der Waals surface area contributed by atoms with Crippen LogP contribution in [0.1, 0.15) is 32.6 Å². The van der Waals surface area contributed by atoms with E-state index < -0.39 is 36.2 Å². The minimum absolute atomic E-state index is 0.220. The summed E-state index contributed by atoms with van der Waals surface area (Å²) in [4.78, 5) is 48.1. The van der Waals surface area contributed by atoms with Crippen LogP contribution in [0, 0.1) is 0 Å². The molecular weight excluding hydrogens is 292 g/mol. The molecule has 1 saturated heterocycles. The molecule has 0 saturated carbocycles. The molecule has 1 heterocycles. The Morgan fingerprint density at radius 2 is 2.05 bits per heavy atom. The number of methoxy groups -OCH3 is 1. The average Bonchev–Trinajstić information content (AvgIpc) is 2.49. The van der Waals surface area contributed by atoms with Crippen LogP contribution in [0.15, 0.2) is 0 Å². The Bertz CT molecular complexity index is 437. The first kappa shape index (κ1) is 17.9. The first-order valence-electron chi connectivity index (χ1n) is 7.29. The maximum Gasteiger partial charge on any atom is 0.315 e. The predicted molar refractivity (Wildman–Crippen MR) is 75.6 cm³/mol. The molecule has 0 radical (unpaired) electrons. The van der Waals surface area contributed by atoms with Crippen molar-refractivity contribution in [1.82, 2.24) is 10.2 Å². The summed E-state index contributed by atoms with van der Waals surface area (Å²) >= 11 is 0. The first-order chi connectivity index (χ1) is 10.5. The Morgan fingerprint density at radius 1 is 1.32 bits per heavy atom. The van der Waals surface area contributed by atoms with Gasteiger partial charge in [0.2, 0.25) is 11.8 Å². The Hall–Kier alpha value is -2.12. The number of carbonyl (C=O) groups is 4. The lowest BCUT2D eigenvalue weighted by Gasteiger charge is -2.34. The molecule has 22 heavy (non-hydrogen) atoms. The van der Waals surface area contributed by atoms with Crippen molar-refractivity contribution in [3.63, 3.8) is 0 Å². The highest BCUT2D eigenvalue weighted by atomic mass is 16.5. The third-order valence-electron chi connectivity index (χ3n) is 3.30. The van der Waals surface area contributed by atoms with Gasteiger partial charge in [0.1, 0.15) is 12.5 Å². The van der Waals surface area contributed by atoms with Gasteiger partial charge >= 0.3 is 11.9 Å². The molecule has 8 heteroatoms. The van der Waals surface area contributed by atoms with Gasteiger partial charge in [-0.15, -0.1) is 0 Å². The van der Waals surface area contributed by atoms with Crippen LogP contribution in [0.25, 0.3) is 0 Å². The van der Waals surface area contributed by atoms with Crippen molar-refractivity contribution in [1.29, 1.82) is 0 Å². The van der Waals surface area contributed by atoms with Crippen LogP contribution in [0.4, 0.5) is 0 Å². The fourth-order valence-corrected chi connectivity index (χ4v) is 2.06. The van der Waals surface area contributed by atoms with Gasteiger partial charge in [0.25, 0.3) is 0 Å². The maximum atomic E-state index is 12.1. The smallest absolute Gasteiger partial charge is 0.315 e. The minimum Gasteiger partial charge on any atom is -0.469 e. The fourth-order valence-electron chi connectivity index (χ4n) is 2.06. The summed E-state index contributed by atoms with van der Waals surface area (Å²) in [6.45, 7) is 2.79. The van der Waals surface area contributed by atoms with Gasteiger partial charge in [-0.25, -0.2) is 0 Å². The van der Waals surface area contributed by atoms with E-state index in [1.165, 1.54) is 12.0 Å². The van der Waals surface area contributed by atoms with Crippen LogP contribution in [-0.2, 0) is 28.7 Å². The highest BCUT2D eigenvalue weighted by molar-refractivity contribution is 5.98. The van der Waals surface area contributed by atoms with Gasteiger partial charge in [-0.05, 0) is 6.42 Å². The minimum atomic E-state index is -0.944. The molecule has 1 aliphatic rings. The summed E-state index contributed by atoms with van der Waals surface area (Å²) in [6.07, 6.45) is 0.960. The van der Waals surface area contributed by atoms with Gasteiger partial charge in [-0.3, -0.25) is 19.2 Å². The molecule has 8 nitrogen and oxygen atoms in total. The Kier molecular flexibility index (Phi) is 7.34. The van der Waals surface area contributed by atoms with Gasteiger partial charge in [0.05, 0.1) is 20.1 Å². The topological polar surface area (TPSA) is 102 Å². The van der Waals surface area contributed by atoms with Crippen LogP contribution in [-0.4, -0.2) is 61.5 Å². The Balaban J connectivity index is 2.64. The molecule has 0 aromatic rings. The van der Waals surface area contributed by atoms with Crippen molar-refractivity contribution in [2.45, 2.75) is 38.6 Å². The summed E-state index contributed by atoms with van der Waals surface area (Å²) in [7, 11) is 1.18. The average molecular weight is 314 g/mol. The second kappa shape index (κ2) is 9.01. The molecule has 0 spiro atoms. The number of carbonyl (C=O) groups excluding carboxylic acids is 4.